The van der Waals surface area contributed by atoms with Crippen molar-refractivity contribution in [3.63, 3.8) is 0 Å². The molecular weight excluding hydrogens is 417 g/mol. The second-order valence-electron chi connectivity index (χ2n) is 5.89. The van der Waals surface area contributed by atoms with Crippen LogP contribution in [0.25, 0.3) is 0 Å². The van der Waals surface area contributed by atoms with Crippen LogP contribution in [-0.4, -0.2) is 30.0 Å². The quantitative estimate of drug-likeness (QED) is 0.521. The summed E-state index contributed by atoms with van der Waals surface area (Å²) in [5, 5.41) is 3.00. The molecular formula is C18H16ClF3N2O3S. The highest BCUT2D eigenvalue weighted by Crippen LogP contribution is 2.34. The summed E-state index contributed by atoms with van der Waals surface area (Å²) in [7, 11) is 0. The number of benzene rings is 1. The first-order valence-electron chi connectivity index (χ1n) is 8.33. The molecule has 0 atom stereocenters. The molecule has 1 aliphatic rings. The predicted octanol–water partition coefficient (Wildman–Crippen LogP) is 4.32. The molecule has 10 heteroatoms. The van der Waals surface area contributed by atoms with Crippen LogP contribution in [0.3, 0.4) is 0 Å². The Labute approximate surface area is 168 Å². The number of thioether (sulfide) groups is 1. The number of pyridine rings is 1. The van der Waals surface area contributed by atoms with Crippen LogP contribution in [0.15, 0.2) is 35.5 Å². The normalized spacial score (nSPS) is 12.9. The molecule has 1 aromatic heterocycles. The Morgan fingerprint density at radius 3 is 2.79 bits per heavy atom. The minimum Gasteiger partial charge on any atom is -0.454 e. The SMILES string of the molecule is O=C(CCc1ccc2c(c1)OCO2)NCCSc1ncc(C(F)(F)F)cc1Cl. The second kappa shape index (κ2) is 8.91. The molecule has 1 N–H and O–H groups in total. The highest BCUT2D eigenvalue weighted by atomic mass is 35.5. The van der Waals surface area contributed by atoms with Gasteiger partial charge < -0.3 is 14.8 Å². The number of nitrogens with zero attached hydrogens (tertiary/aromatic N) is 1. The van der Waals surface area contributed by atoms with Crippen LogP contribution in [-0.2, 0) is 17.4 Å². The van der Waals surface area contributed by atoms with E-state index in [4.69, 9.17) is 21.1 Å². The fourth-order valence-corrected chi connectivity index (χ4v) is 3.52. The van der Waals surface area contributed by atoms with E-state index in [-0.39, 0.29) is 17.7 Å². The van der Waals surface area contributed by atoms with E-state index in [9.17, 15) is 18.0 Å². The Bertz CT molecular complexity index is 864. The first-order chi connectivity index (χ1) is 13.3. The van der Waals surface area contributed by atoms with E-state index in [1.807, 2.05) is 18.2 Å². The van der Waals surface area contributed by atoms with Gasteiger partial charge in [0.25, 0.3) is 0 Å². The van der Waals surface area contributed by atoms with Gasteiger partial charge in [-0.15, -0.1) is 11.8 Å². The van der Waals surface area contributed by atoms with Crippen molar-refractivity contribution in [1.29, 1.82) is 0 Å². The number of hydrogen-bond donors (Lipinski definition) is 1. The van der Waals surface area contributed by atoms with Gasteiger partial charge in [-0.05, 0) is 30.2 Å². The number of aromatic nitrogens is 1. The Kier molecular flexibility index (Phi) is 6.56. The van der Waals surface area contributed by atoms with E-state index < -0.39 is 11.7 Å². The Balaban J connectivity index is 1.39. The van der Waals surface area contributed by atoms with Gasteiger partial charge in [0.2, 0.25) is 12.7 Å². The zero-order chi connectivity index (χ0) is 20.1. The van der Waals surface area contributed by atoms with Gasteiger partial charge in [-0.1, -0.05) is 17.7 Å². The van der Waals surface area contributed by atoms with E-state index >= 15 is 0 Å². The van der Waals surface area contributed by atoms with Crippen molar-refractivity contribution in [2.24, 2.45) is 0 Å². The summed E-state index contributed by atoms with van der Waals surface area (Å²) >= 11 is 7.03. The molecule has 0 spiro atoms. The van der Waals surface area contributed by atoms with Gasteiger partial charge in [-0.2, -0.15) is 13.2 Å². The fraction of sp³-hybridized carbons (Fsp3) is 0.333. The van der Waals surface area contributed by atoms with E-state index in [2.05, 4.69) is 10.3 Å². The summed E-state index contributed by atoms with van der Waals surface area (Å²) in [5.74, 6) is 1.69. The molecule has 1 aliphatic heterocycles. The molecule has 0 aliphatic carbocycles. The second-order valence-corrected chi connectivity index (χ2v) is 7.39. The molecule has 0 unspecified atom stereocenters. The van der Waals surface area contributed by atoms with Gasteiger partial charge >= 0.3 is 6.18 Å². The van der Waals surface area contributed by atoms with Crippen LogP contribution in [0, 0.1) is 0 Å². The molecule has 5 nitrogen and oxygen atoms in total. The Hall–Kier alpha value is -2.13. The van der Waals surface area contributed by atoms with Crippen molar-refractivity contribution < 1.29 is 27.4 Å². The molecule has 0 saturated heterocycles. The maximum Gasteiger partial charge on any atom is 0.417 e. The van der Waals surface area contributed by atoms with E-state index in [1.165, 1.54) is 11.8 Å². The van der Waals surface area contributed by atoms with Crippen molar-refractivity contribution in [1.82, 2.24) is 10.3 Å². The number of hydrogen-bond acceptors (Lipinski definition) is 5. The average molecular weight is 433 g/mol. The van der Waals surface area contributed by atoms with Gasteiger partial charge in [0.1, 0.15) is 5.03 Å². The zero-order valence-electron chi connectivity index (χ0n) is 14.5. The lowest BCUT2D eigenvalue weighted by Gasteiger charge is -2.09. The molecule has 0 saturated carbocycles. The van der Waals surface area contributed by atoms with Crippen molar-refractivity contribution >= 4 is 29.3 Å². The van der Waals surface area contributed by atoms with E-state index in [0.717, 1.165) is 17.8 Å². The van der Waals surface area contributed by atoms with Gasteiger partial charge in [-0.25, -0.2) is 4.98 Å². The predicted molar refractivity (Wildman–Crippen MR) is 98.9 cm³/mol. The lowest BCUT2D eigenvalue weighted by atomic mass is 10.1. The number of nitrogens with one attached hydrogen (secondary N) is 1. The van der Waals surface area contributed by atoms with Gasteiger partial charge in [-0.3, -0.25) is 4.79 Å². The third-order valence-electron chi connectivity index (χ3n) is 3.88. The van der Waals surface area contributed by atoms with Crippen molar-refractivity contribution in [2.75, 3.05) is 19.1 Å². The van der Waals surface area contributed by atoms with Crippen LogP contribution < -0.4 is 14.8 Å². The summed E-state index contributed by atoms with van der Waals surface area (Å²) in [6.45, 7) is 0.554. The first kappa shape index (κ1) is 20.6. The van der Waals surface area contributed by atoms with E-state index in [1.54, 1.807) is 0 Å². The largest absolute Gasteiger partial charge is 0.454 e. The molecule has 28 heavy (non-hydrogen) atoms. The topological polar surface area (TPSA) is 60.5 Å². The van der Waals surface area contributed by atoms with Crippen LogP contribution >= 0.6 is 23.4 Å². The van der Waals surface area contributed by atoms with Gasteiger partial charge in [0.05, 0.1) is 10.6 Å². The third kappa shape index (κ3) is 5.45. The maximum absolute atomic E-state index is 12.6. The smallest absolute Gasteiger partial charge is 0.417 e. The first-order valence-corrected chi connectivity index (χ1v) is 9.70. The summed E-state index contributed by atoms with van der Waals surface area (Å²) in [5.41, 5.74) is 0.0770. The summed E-state index contributed by atoms with van der Waals surface area (Å²) in [6, 6.07) is 6.40. The molecule has 2 heterocycles. The Morgan fingerprint density at radius 1 is 1.25 bits per heavy atom. The van der Waals surface area contributed by atoms with Gasteiger partial charge in [0, 0.05) is 24.9 Å². The number of carbonyl (C=O) groups is 1. The van der Waals surface area contributed by atoms with Crippen LogP contribution in [0.4, 0.5) is 13.2 Å². The molecule has 150 valence electrons. The number of ether oxygens (including phenoxy) is 2. The minimum atomic E-state index is -4.48. The highest BCUT2D eigenvalue weighted by molar-refractivity contribution is 7.99. The van der Waals surface area contributed by atoms with Crippen molar-refractivity contribution in [3.05, 3.63) is 46.6 Å². The number of amides is 1. The lowest BCUT2D eigenvalue weighted by Crippen LogP contribution is -2.25. The van der Waals surface area contributed by atoms with Crippen LogP contribution in [0.2, 0.25) is 5.02 Å². The fourth-order valence-electron chi connectivity index (χ4n) is 2.47. The number of halogens is 4. The minimum absolute atomic E-state index is 0.0611. The van der Waals surface area contributed by atoms with Crippen molar-refractivity contribution in [3.8, 4) is 11.5 Å². The molecule has 0 fully saturated rings. The van der Waals surface area contributed by atoms with Crippen molar-refractivity contribution in [2.45, 2.75) is 24.0 Å². The monoisotopic (exact) mass is 432 g/mol. The average Bonchev–Trinajstić information content (AvgIpc) is 3.11. The third-order valence-corrected chi connectivity index (χ3v) is 5.28. The maximum atomic E-state index is 12.6. The summed E-state index contributed by atoms with van der Waals surface area (Å²) < 4.78 is 48.3. The molecule has 0 radical (unpaired) electrons. The lowest BCUT2D eigenvalue weighted by molar-refractivity contribution is -0.137. The van der Waals surface area contributed by atoms with E-state index in [0.29, 0.717) is 41.7 Å². The summed E-state index contributed by atoms with van der Waals surface area (Å²) in [6.07, 6.45) is -2.87. The van der Waals surface area contributed by atoms with Gasteiger partial charge in [0.15, 0.2) is 11.5 Å². The number of carbonyl (C=O) groups excluding carboxylic acids is 1. The number of rotatable bonds is 7. The molecule has 1 amide bonds. The number of fused-ring (bicyclic) bond motifs is 1. The molecule has 0 bridgehead atoms. The Morgan fingerprint density at radius 2 is 2.04 bits per heavy atom. The number of aryl methyl sites for hydroxylation is 1. The zero-order valence-corrected chi connectivity index (χ0v) is 16.1. The molecule has 3 rings (SSSR count). The molecule has 1 aromatic carbocycles. The standard InChI is InChI=1S/C18H16ClF3N2O3S/c19-13-8-12(18(20,21)22)9-24-17(13)28-6-5-23-16(25)4-2-11-1-3-14-15(7-11)27-10-26-14/h1,3,7-9H,2,4-6,10H2,(H,23,25). The van der Waals surface area contributed by atoms with Crippen LogP contribution in [0.5, 0.6) is 11.5 Å². The highest BCUT2D eigenvalue weighted by Gasteiger charge is 2.31. The van der Waals surface area contributed by atoms with Crippen LogP contribution in [0.1, 0.15) is 17.5 Å². The summed E-state index contributed by atoms with van der Waals surface area (Å²) in [4.78, 5) is 15.7. The molecule has 2 aromatic rings. The number of alkyl halides is 3.